The molecule has 1 aromatic carbocycles. The Labute approximate surface area is 215 Å². The van der Waals surface area contributed by atoms with E-state index < -0.39 is 35.8 Å². The number of carbonyl (C=O) groups is 3. The zero-order valence-corrected chi connectivity index (χ0v) is 22.0. The van der Waals surface area contributed by atoms with Gasteiger partial charge in [-0.1, -0.05) is 62.4 Å². The number of amides is 3. The molecule has 8 nitrogen and oxygen atoms in total. The number of aliphatic hydroxyl groups excluding tert-OH is 1. The van der Waals surface area contributed by atoms with Gasteiger partial charge in [0.05, 0.1) is 6.04 Å². The van der Waals surface area contributed by atoms with Crippen molar-refractivity contribution < 1.29 is 24.2 Å². The molecule has 3 rings (SSSR count). The highest BCUT2D eigenvalue weighted by molar-refractivity contribution is 5.88. The minimum Gasteiger partial charge on any atom is -0.444 e. The largest absolute Gasteiger partial charge is 0.444 e. The first kappa shape index (κ1) is 28.0. The van der Waals surface area contributed by atoms with E-state index in [0.717, 1.165) is 31.2 Å². The number of rotatable bonds is 7. The van der Waals surface area contributed by atoms with Gasteiger partial charge >= 0.3 is 6.09 Å². The summed E-state index contributed by atoms with van der Waals surface area (Å²) in [5, 5.41) is 16.7. The molecular formula is C28H43N3O5. The Kier molecular flexibility index (Phi) is 10.2. The molecule has 3 amide bonds. The van der Waals surface area contributed by atoms with Crippen LogP contribution in [0.3, 0.4) is 0 Å². The van der Waals surface area contributed by atoms with E-state index in [0.29, 0.717) is 19.4 Å². The number of hydrogen-bond donors (Lipinski definition) is 3. The van der Waals surface area contributed by atoms with E-state index in [1.54, 1.807) is 25.7 Å². The zero-order chi connectivity index (χ0) is 26.1. The van der Waals surface area contributed by atoms with E-state index in [1.165, 1.54) is 19.3 Å². The molecule has 1 aromatic rings. The van der Waals surface area contributed by atoms with Crippen LogP contribution in [0.1, 0.15) is 84.1 Å². The van der Waals surface area contributed by atoms with Crippen LogP contribution in [0.15, 0.2) is 30.3 Å². The Morgan fingerprint density at radius 1 is 1.00 bits per heavy atom. The summed E-state index contributed by atoms with van der Waals surface area (Å²) in [4.78, 5) is 40.8. The third-order valence-electron chi connectivity index (χ3n) is 6.94. The topological polar surface area (TPSA) is 108 Å². The molecule has 2 unspecified atom stereocenters. The van der Waals surface area contributed by atoms with Crippen LogP contribution in [0.4, 0.5) is 4.79 Å². The lowest BCUT2D eigenvalue weighted by molar-refractivity contribution is -0.141. The average Bonchev–Trinajstić information content (AvgIpc) is 3.28. The van der Waals surface area contributed by atoms with E-state index in [4.69, 9.17) is 4.74 Å². The van der Waals surface area contributed by atoms with Gasteiger partial charge in [-0.2, -0.15) is 0 Å². The van der Waals surface area contributed by atoms with Gasteiger partial charge in [0.15, 0.2) is 6.10 Å². The molecule has 1 aliphatic carbocycles. The molecule has 1 aliphatic heterocycles. The van der Waals surface area contributed by atoms with Gasteiger partial charge in [-0.25, -0.2) is 4.79 Å². The molecule has 2 aliphatic rings. The molecular weight excluding hydrogens is 458 g/mol. The van der Waals surface area contributed by atoms with Gasteiger partial charge in [0, 0.05) is 19.0 Å². The van der Waals surface area contributed by atoms with Crippen LogP contribution in [-0.2, 0) is 20.7 Å². The van der Waals surface area contributed by atoms with Crippen LogP contribution in [0.2, 0.25) is 0 Å². The highest BCUT2D eigenvalue weighted by Crippen LogP contribution is 2.24. The van der Waals surface area contributed by atoms with Crippen LogP contribution >= 0.6 is 0 Å². The van der Waals surface area contributed by atoms with Crippen molar-refractivity contribution in [1.29, 1.82) is 0 Å². The molecule has 0 bridgehead atoms. The highest BCUT2D eigenvalue weighted by atomic mass is 16.6. The molecule has 36 heavy (non-hydrogen) atoms. The average molecular weight is 502 g/mol. The maximum Gasteiger partial charge on any atom is 0.408 e. The summed E-state index contributed by atoms with van der Waals surface area (Å²) >= 11 is 0. The van der Waals surface area contributed by atoms with Crippen molar-refractivity contribution in [2.45, 2.75) is 115 Å². The molecule has 2 fully saturated rings. The number of alkyl carbamates (subject to hydrolysis) is 1. The van der Waals surface area contributed by atoms with E-state index in [9.17, 15) is 19.5 Å². The summed E-state index contributed by atoms with van der Waals surface area (Å²) in [6.07, 6.45) is 7.12. The van der Waals surface area contributed by atoms with Crippen LogP contribution in [0.25, 0.3) is 0 Å². The summed E-state index contributed by atoms with van der Waals surface area (Å²) in [5.74, 6) is -0.727. The first-order chi connectivity index (χ1) is 17.1. The smallest absolute Gasteiger partial charge is 0.408 e. The van der Waals surface area contributed by atoms with Crippen molar-refractivity contribution in [2.75, 3.05) is 6.54 Å². The molecule has 3 N–H and O–H groups in total. The number of nitrogens with one attached hydrogen (secondary N) is 2. The van der Waals surface area contributed by atoms with Crippen molar-refractivity contribution in [3.8, 4) is 0 Å². The third kappa shape index (κ3) is 8.50. The van der Waals surface area contributed by atoms with Crippen molar-refractivity contribution in [3.05, 3.63) is 35.9 Å². The molecule has 3 atom stereocenters. The van der Waals surface area contributed by atoms with Crippen LogP contribution in [0.5, 0.6) is 0 Å². The lowest BCUT2D eigenvalue weighted by Gasteiger charge is -2.32. The number of aliphatic hydroxyl groups is 1. The number of nitrogens with zero attached hydrogens (tertiary/aromatic N) is 1. The number of hydrogen-bond acceptors (Lipinski definition) is 5. The lowest BCUT2D eigenvalue weighted by Crippen LogP contribution is -2.56. The number of carbonyl (C=O) groups excluding carboxylic acids is 3. The van der Waals surface area contributed by atoms with Crippen molar-refractivity contribution >= 4 is 17.9 Å². The monoisotopic (exact) mass is 501 g/mol. The van der Waals surface area contributed by atoms with E-state index in [-0.39, 0.29) is 18.4 Å². The van der Waals surface area contributed by atoms with E-state index in [1.807, 2.05) is 30.3 Å². The van der Waals surface area contributed by atoms with Gasteiger partial charge in [-0.15, -0.1) is 0 Å². The number of benzene rings is 1. The van der Waals surface area contributed by atoms with Crippen LogP contribution < -0.4 is 10.6 Å². The predicted octanol–water partition coefficient (Wildman–Crippen LogP) is 3.70. The fourth-order valence-electron chi connectivity index (χ4n) is 5.16. The second-order valence-corrected chi connectivity index (χ2v) is 11.1. The Hall–Kier alpha value is -2.61. The van der Waals surface area contributed by atoms with Crippen LogP contribution in [-0.4, -0.2) is 64.3 Å². The summed E-state index contributed by atoms with van der Waals surface area (Å²) in [5.41, 5.74) is 0.191. The van der Waals surface area contributed by atoms with Crippen molar-refractivity contribution in [1.82, 2.24) is 15.5 Å². The van der Waals surface area contributed by atoms with Gasteiger partial charge in [-0.3, -0.25) is 9.59 Å². The third-order valence-corrected chi connectivity index (χ3v) is 6.94. The fourth-order valence-corrected chi connectivity index (χ4v) is 5.16. The normalized spacial score (nSPS) is 21.1. The second-order valence-electron chi connectivity index (χ2n) is 11.1. The van der Waals surface area contributed by atoms with Gasteiger partial charge in [0.1, 0.15) is 11.6 Å². The Balaban J connectivity index is 1.69. The lowest BCUT2D eigenvalue weighted by atomic mass is 9.96. The molecule has 0 radical (unpaired) electrons. The Bertz CT molecular complexity index is 862. The number of ether oxygens (including phenoxy) is 1. The van der Waals surface area contributed by atoms with Gasteiger partial charge < -0.3 is 25.4 Å². The number of likely N-dealkylation sites (tertiary alicyclic amines) is 1. The first-order valence-electron chi connectivity index (χ1n) is 13.5. The van der Waals surface area contributed by atoms with Crippen LogP contribution in [0, 0.1) is 0 Å². The van der Waals surface area contributed by atoms with Gasteiger partial charge in [0.25, 0.3) is 5.91 Å². The molecule has 1 heterocycles. The summed E-state index contributed by atoms with van der Waals surface area (Å²) in [6.45, 7) is 5.73. The Morgan fingerprint density at radius 3 is 2.28 bits per heavy atom. The first-order valence-corrected chi connectivity index (χ1v) is 13.5. The molecule has 1 saturated heterocycles. The fraction of sp³-hybridized carbons (Fsp3) is 0.679. The van der Waals surface area contributed by atoms with Gasteiger partial charge in [-0.05, 0) is 52.0 Å². The Morgan fingerprint density at radius 2 is 1.64 bits per heavy atom. The maximum absolute atomic E-state index is 13.7. The molecule has 0 spiro atoms. The standard InChI is InChI=1S/C28H43N3O5/c1-28(2,3)36-27(35)30-22(19-20-13-8-7-9-14-20)26(34)31-18-12-17-23(31)24(32)25(33)29-21-15-10-5-4-6-11-16-21/h7-9,13-14,21-24,32H,4-6,10-12,15-19H2,1-3H3,(H,29,33)(H,30,35)/t22-,23?,24?/m0/s1. The molecule has 0 aromatic heterocycles. The van der Waals surface area contributed by atoms with E-state index >= 15 is 0 Å². The minimum absolute atomic E-state index is 0.0673. The highest BCUT2D eigenvalue weighted by Gasteiger charge is 2.40. The van der Waals surface area contributed by atoms with Gasteiger partial charge in [0.2, 0.25) is 5.91 Å². The predicted molar refractivity (Wildman–Crippen MR) is 138 cm³/mol. The molecule has 1 saturated carbocycles. The second kappa shape index (κ2) is 13.1. The summed E-state index contributed by atoms with van der Waals surface area (Å²) in [7, 11) is 0. The molecule has 200 valence electrons. The van der Waals surface area contributed by atoms with E-state index in [2.05, 4.69) is 10.6 Å². The van der Waals surface area contributed by atoms with Crippen molar-refractivity contribution in [3.63, 3.8) is 0 Å². The quantitative estimate of drug-likeness (QED) is 0.528. The zero-order valence-electron chi connectivity index (χ0n) is 22.0. The molecule has 8 heteroatoms. The minimum atomic E-state index is -1.30. The SMILES string of the molecule is CC(C)(C)OC(=O)N[C@@H](Cc1ccccc1)C(=O)N1CCCC1C(O)C(=O)NC1CCCCCCC1. The maximum atomic E-state index is 13.7. The van der Waals surface area contributed by atoms with Crippen molar-refractivity contribution in [2.24, 2.45) is 0 Å². The summed E-state index contributed by atoms with van der Waals surface area (Å²) in [6, 6.07) is 8.03. The summed E-state index contributed by atoms with van der Waals surface area (Å²) < 4.78 is 5.40.